The number of nitrogens with zero attached hydrogens (tertiary/aromatic N) is 4. The molecule has 12 heteroatoms. The van der Waals surface area contributed by atoms with Gasteiger partial charge in [-0.05, 0) is 68.2 Å². The molecule has 5 rings (SSSR count). The summed E-state index contributed by atoms with van der Waals surface area (Å²) in [5.41, 5.74) is -0.595. The molecule has 1 unspecified atom stereocenters. The molecule has 0 saturated carbocycles. The molecule has 1 fully saturated rings. The molecule has 0 spiro atoms. The van der Waals surface area contributed by atoms with Crippen LogP contribution in [0.15, 0.2) is 66.3 Å². The van der Waals surface area contributed by atoms with Crippen LogP contribution in [0.25, 0.3) is 11.4 Å². The number of piperidine rings is 1. The molecule has 216 valence electrons. The molecule has 0 radical (unpaired) electrons. The summed E-state index contributed by atoms with van der Waals surface area (Å²) in [6, 6.07) is 11.7. The number of hydrogen-bond donors (Lipinski definition) is 1. The number of ether oxygens (including phenoxy) is 1. The molecule has 3 aromatic rings. The molecular formula is C29H27F5N4O3. The van der Waals surface area contributed by atoms with Crippen molar-refractivity contribution in [2.24, 2.45) is 0 Å². The number of hydrogen-bond acceptors (Lipinski definition) is 5. The molecule has 1 N–H and O–H groups in total. The van der Waals surface area contributed by atoms with E-state index in [0.717, 1.165) is 37.6 Å². The van der Waals surface area contributed by atoms with E-state index in [1.165, 1.54) is 23.8 Å². The summed E-state index contributed by atoms with van der Waals surface area (Å²) in [5, 5.41) is 12.8. The monoisotopic (exact) mass is 574 g/mol. The SMILES string of the molecule is CN1CCC(c2ccc(COC3=C(c4cccc(-n5ncc(C(=O)O)c5C(F)(F)F)n4)CC(F)C=C3F)cc2)CC1. The van der Waals surface area contributed by atoms with Crippen molar-refractivity contribution in [1.82, 2.24) is 19.7 Å². The largest absolute Gasteiger partial charge is 0.485 e. The number of likely N-dealkylation sites (tertiary alicyclic amines) is 1. The lowest BCUT2D eigenvalue weighted by Gasteiger charge is -2.29. The highest BCUT2D eigenvalue weighted by atomic mass is 19.4. The Hall–Kier alpha value is -4.06. The van der Waals surface area contributed by atoms with Crippen LogP contribution in [-0.2, 0) is 17.5 Å². The second-order valence-electron chi connectivity index (χ2n) is 10.2. The average Bonchev–Trinajstić information content (AvgIpc) is 3.40. The molecule has 0 amide bonds. The summed E-state index contributed by atoms with van der Waals surface area (Å²) in [7, 11) is 2.10. The highest BCUT2D eigenvalue weighted by Gasteiger charge is 2.41. The van der Waals surface area contributed by atoms with E-state index in [1.807, 2.05) is 24.3 Å². The fraction of sp³-hybridized carbons (Fsp3) is 0.345. The molecule has 1 saturated heterocycles. The number of alkyl halides is 4. The second-order valence-corrected chi connectivity index (χ2v) is 10.2. The van der Waals surface area contributed by atoms with E-state index < -0.39 is 35.4 Å². The molecule has 41 heavy (non-hydrogen) atoms. The summed E-state index contributed by atoms with van der Waals surface area (Å²) in [6.07, 6.45) is -3.59. The van der Waals surface area contributed by atoms with Crippen molar-refractivity contribution in [3.63, 3.8) is 0 Å². The fourth-order valence-corrected chi connectivity index (χ4v) is 5.15. The molecule has 0 bridgehead atoms. The zero-order chi connectivity index (χ0) is 29.3. The van der Waals surface area contributed by atoms with Crippen LogP contribution in [0.1, 0.15) is 58.1 Å². The van der Waals surface area contributed by atoms with Crippen LogP contribution in [0.3, 0.4) is 0 Å². The Morgan fingerprint density at radius 2 is 1.83 bits per heavy atom. The number of carbonyl (C=O) groups is 1. The normalized spacial score (nSPS) is 18.9. The first-order chi connectivity index (χ1) is 19.5. The van der Waals surface area contributed by atoms with E-state index in [9.17, 15) is 31.9 Å². The minimum Gasteiger partial charge on any atom is -0.485 e. The lowest BCUT2D eigenvalue weighted by molar-refractivity contribution is -0.143. The molecule has 2 aliphatic rings. The first kappa shape index (κ1) is 28.5. The van der Waals surface area contributed by atoms with Gasteiger partial charge in [-0.1, -0.05) is 30.3 Å². The zero-order valence-electron chi connectivity index (χ0n) is 22.0. The van der Waals surface area contributed by atoms with E-state index in [2.05, 4.69) is 22.0 Å². The maximum Gasteiger partial charge on any atom is 0.434 e. The minimum atomic E-state index is -5.05. The van der Waals surface area contributed by atoms with E-state index >= 15 is 0 Å². The van der Waals surface area contributed by atoms with Crippen molar-refractivity contribution in [3.05, 3.63) is 94.4 Å². The molecule has 1 aliphatic heterocycles. The van der Waals surface area contributed by atoms with Crippen molar-refractivity contribution in [2.75, 3.05) is 20.1 Å². The number of carboxylic acids is 1. The fourth-order valence-electron chi connectivity index (χ4n) is 5.15. The standard InChI is InChI=1S/C29H27F5N4O3/c1-37-11-9-19(10-12-37)18-7-5-17(6-8-18)16-41-26-21(13-20(30)14-23(26)31)24-3-2-4-25(36-24)38-27(29(32,33)34)22(15-35-38)28(39)40/h2-8,14-15,19-20H,9-13,16H2,1H3,(H,39,40). The molecule has 3 heterocycles. The first-order valence-corrected chi connectivity index (χ1v) is 13.0. The maximum atomic E-state index is 15.0. The van der Waals surface area contributed by atoms with Crippen molar-refractivity contribution in [3.8, 4) is 5.82 Å². The van der Waals surface area contributed by atoms with Gasteiger partial charge in [-0.25, -0.2) is 23.2 Å². The number of aromatic nitrogens is 3. The van der Waals surface area contributed by atoms with E-state index in [4.69, 9.17) is 4.74 Å². The number of benzene rings is 1. The van der Waals surface area contributed by atoms with Gasteiger partial charge < -0.3 is 14.7 Å². The number of halogens is 5. The van der Waals surface area contributed by atoms with Gasteiger partial charge in [0.2, 0.25) is 0 Å². The summed E-state index contributed by atoms with van der Waals surface area (Å²) in [5.74, 6) is -2.92. The van der Waals surface area contributed by atoms with Gasteiger partial charge >= 0.3 is 12.1 Å². The molecule has 1 atom stereocenters. The predicted octanol–water partition coefficient (Wildman–Crippen LogP) is 6.32. The summed E-state index contributed by atoms with van der Waals surface area (Å²) in [6.45, 7) is 2.03. The van der Waals surface area contributed by atoms with Crippen molar-refractivity contribution < 1.29 is 36.6 Å². The molecule has 1 aliphatic carbocycles. The Kier molecular flexibility index (Phi) is 7.94. The highest BCUT2D eigenvalue weighted by molar-refractivity contribution is 5.89. The Bertz CT molecular complexity index is 1490. The number of aromatic carboxylic acids is 1. The Labute approximate surface area is 232 Å². The Morgan fingerprint density at radius 1 is 1.12 bits per heavy atom. The lowest BCUT2D eigenvalue weighted by Crippen LogP contribution is -2.29. The summed E-state index contributed by atoms with van der Waals surface area (Å²) >= 11 is 0. The molecule has 7 nitrogen and oxygen atoms in total. The van der Waals surface area contributed by atoms with Crippen LogP contribution >= 0.6 is 0 Å². The van der Waals surface area contributed by atoms with Gasteiger partial charge in [-0.3, -0.25) is 0 Å². The quantitative estimate of drug-likeness (QED) is 0.333. The molecule has 1 aromatic carbocycles. The van der Waals surface area contributed by atoms with Gasteiger partial charge in [0.15, 0.2) is 23.1 Å². The highest BCUT2D eigenvalue weighted by Crippen LogP contribution is 2.37. The van der Waals surface area contributed by atoms with E-state index in [-0.39, 0.29) is 35.9 Å². The van der Waals surface area contributed by atoms with Gasteiger partial charge in [-0.2, -0.15) is 18.3 Å². The van der Waals surface area contributed by atoms with Crippen molar-refractivity contribution in [2.45, 2.75) is 44.1 Å². The summed E-state index contributed by atoms with van der Waals surface area (Å²) < 4.78 is 76.7. The van der Waals surface area contributed by atoms with Gasteiger partial charge in [0, 0.05) is 12.0 Å². The van der Waals surface area contributed by atoms with Gasteiger partial charge in [0.25, 0.3) is 0 Å². The zero-order valence-corrected chi connectivity index (χ0v) is 22.0. The molecule has 2 aromatic heterocycles. The van der Waals surface area contributed by atoms with E-state index in [0.29, 0.717) is 16.8 Å². The van der Waals surface area contributed by atoms with Gasteiger partial charge in [0.1, 0.15) is 18.3 Å². The second kappa shape index (κ2) is 11.4. The molecular weight excluding hydrogens is 547 g/mol. The Morgan fingerprint density at radius 3 is 2.49 bits per heavy atom. The third-order valence-corrected chi connectivity index (χ3v) is 7.30. The topological polar surface area (TPSA) is 80.5 Å². The third kappa shape index (κ3) is 6.17. The number of pyridine rings is 1. The summed E-state index contributed by atoms with van der Waals surface area (Å²) in [4.78, 5) is 17.8. The van der Waals surface area contributed by atoms with E-state index in [1.54, 1.807) is 0 Å². The van der Waals surface area contributed by atoms with Crippen LogP contribution in [0.5, 0.6) is 0 Å². The average molecular weight is 575 g/mol. The van der Waals surface area contributed by atoms with Gasteiger partial charge in [0.05, 0.1) is 11.9 Å². The third-order valence-electron chi connectivity index (χ3n) is 7.30. The van der Waals surface area contributed by atoms with Crippen LogP contribution in [0, 0.1) is 0 Å². The Balaban J connectivity index is 1.42. The van der Waals surface area contributed by atoms with Crippen LogP contribution in [-0.4, -0.2) is 57.0 Å². The maximum absolute atomic E-state index is 15.0. The first-order valence-electron chi connectivity index (χ1n) is 13.0. The number of allylic oxidation sites excluding steroid dienone is 3. The number of rotatable bonds is 7. The van der Waals surface area contributed by atoms with Crippen LogP contribution in [0.4, 0.5) is 22.0 Å². The predicted molar refractivity (Wildman–Crippen MR) is 140 cm³/mol. The minimum absolute atomic E-state index is 0.0240. The van der Waals surface area contributed by atoms with Crippen LogP contribution in [0.2, 0.25) is 0 Å². The number of carboxylic acid groups (broad SMARTS) is 1. The van der Waals surface area contributed by atoms with Gasteiger partial charge in [-0.15, -0.1) is 0 Å². The smallest absolute Gasteiger partial charge is 0.434 e. The van der Waals surface area contributed by atoms with Crippen LogP contribution < -0.4 is 0 Å². The van der Waals surface area contributed by atoms with Crippen molar-refractivity contribution in [1.29, 1.82) is 0 Å². The van der Waals surface area contributed by atoms with Crippen molar-refractivity contribution >= 4 is 11.5 Å². The lowest BCUT2D eigenvalue weighted by atomic mass is 9.89.